The molecule has 2 heterocycles. The van der Waals surface area contributed by atoms with Crippen molar-refractivity contribution in [2.45, 2.75) is 13.1 Å². The zero-order valence-electron chi connectivity index (χ0n) is 9.90. The van der Waals surface area contributed by atoms with Crippen molar-refractivity contribution in [1.29, 1.82) is 0 Å². The smallest absolute Gasteiger partial charge is 0.261 e. The van der Waals surface area contributed by atoms with Crippen molar-refractivity contribution >= 4 is 26.8 Å². The molecule has 0 fully saturated rings. The summed E-state index contributed by atoms with van der Waals surface area (Å²) in [5, 5.41) is 4.61. The molecule has 0 aliphatic heterocycles. The normalized spacial score (nSPS) is 11.0. The summed E-state index contributed by atoms with van der Waals surface area (Å²) < 4.78 is 4.13. The fraction of sp³-hybridized carbons (Fsp3) is 0.167. The summed E-state index contributed by atoms with van der Waals surface area (Å²) in [5.74, 6) is 0. The predicted octanol–water partition coefficient (Wildman–Crippen LogP) is 1.45. The van der Waals surface area contributed by atoms with Crippen molar-refractivity contribution in [3.63, 3.8) is 0 Å². The molecule has 0 N–H and O–H groups in total. The summed E-state index contributed by atoms with van der Waals surface area (Å²) in [6.07, 6.45) is 4.66. The number of rotatable bonds is 3. The molecular formula is C12H10BrN5O. The Labute approximate surface area is 116 Å². The Morgan fingerprint density at radius 1 is 1.21 bits per heavy atom. The molecule has 0 aliphatic carbocycles. The van der Waals surface area contributed by atoms with Gasteiger partial charge in [0.15, 0.2) is 0 Å². The van der Waals surface area contributed by atoms with Gasteiger partial charge in [0, 0.05) is 11.0 Å². The van der Waals surface area contributed by atoms with Gasteiger partial charge in [-0.2, -0.15) is 5.10 Å². The lowest BCUT2D eigenvalue weighted by molar-refractivity contribution is 0.520. The van der Waals surface area contributed by atoms with Gasteiger partial charge >= 0.3 is 0 Å². The Morgan fingerprint density at radius 3 is 2.89 bits per heavy atom. The van der Waals surface area contributed by atoms with Crippen molar-refractivity contribution < 1.29 is 0 Å². The quantitative estimate of drug-likeness (QED) is 0.733. The molecule has 0 spiro atoms. The van der Waals surface area contributed by atoms with E-state index in [0.717, 1.165) is 4.47 Å². The highest BCUT2D eigenvalue weighted by Crippen LogP contribution is 2.14. The minimum absolute atomic E-state index is 0.0496. The van der Waals surface area contributed by atoms with Crippen LogP contribution in [0.1, 0.15) is 0 Å². The van der Waals surface area contributed by atoms with Crippen LogP contribution in [-0.2, 0) is 13.1 Å². The Morgan fingerprint density at radius 2 is 2.11 bits per heavy atom. The molecule has 0 unspecified atom stereocenters. The van der Waals surface area contributed by atoms with Gasteiger partial charge in [-0.25, -0.2) is 9.97 Å². The van der Waals surface area contributed by atoms with Crippen LogP contribution in [0.2, 0.25) is 0 Å². The molecule has 7 heteroatoms. The summed E-state index contributed by atoms with van der Waals surface area (Å²) in [7, 11) is 0. The summed E-state index contributed by atoms with van der Waals surface area (Å²) in [4.78, 5) is 20.4. The molecule has 3 rings (SSSR count). The van der Waals surface area contributed by atoms with E-state index in [9.17, 15) is 4.79 Å². The number of hydrogen-bond acceptors (Lipinski definition) is 4. The van der Waals surface area contributed by atoms with Gasteiger partial charge in [0.25, 0.3) is 5.56 Å². The minimum atomic E-state index is -0.0496. The Hall–Kier alpha value is -2.02. The van der Waals surface area contributed by atoms with E-state index < -0.39 is 0 Å². The first kappa shape index (κ1) is 12.0. The Balaban J connectivity index is 1.96. The van der Waals surface area contributed by atoms with Crippen LogP contribution in [0.25, 0.3) is 10.9 Å². The number of halogens is 1. The number of fused-ring (bicyclic) bond motifs is 1. The minimum Gasteiger partial charge on any atom is -0.297 e. The molecule has 3 aromatic rings. The van der Waals surface area contributed by atoms with Gasteiger partial charge in [0.2, 0.25) is 0 Å². The molecule has 0 atom stereocenters. The van der Waals surface area contributed by atoms with E-state index >= 15 is 0 Å². The first-order valence-electron chi connectivity index (χ1n) is 5.71. The molecule has 0 amide bonds. The second-order valence-electron chi connectivity index (χ2n) is 4.06. The zero-order chi connectivity index (χ0) is 13.2. The van der Waals surface area contributed by atoms with Crippen LogP contribution in [0, 0.1) is 0 Å². The van der Waals surface area contributed by atoms with Crippen LogP contribution >= 0.6 is 15.9 Å². The zero-order valence-corrected chi connectivity index (χ0v) is 11.5. The summed E-state index contributed by atoms with van der Waals surface area (Å²) in [5.41, 5.74) is 0.650. The molecular weight excluding hydrogens is 310 g/mol. The van der Waals surface area contributed by atoms with Crippen molar-refractivity contribution in [1.82, 2.24) is 24.3 Å². The van der Waals surface area contributed by atoms with E-state index in [4.69, 9.17) is 0 Å². The molecule has 6 nitrogen and oxygen atoms in total. The number of aromatic nitrogens is 5. The SMILES string of the molecule is O=c1c2cc(Br)ccc2ncn1CCn1cncn1. The third-order valence-corrected chi connectivity index (χ3v) is 3.32. The van der Waals surface area contributed by atoms with Crippen LogP contribution < -0.4 is 5.56 Å². The van der Waals surface area contributed by atoms with Crippen molar-refractivity contribution in [2.75, 3.05) is 0 Å². The van der Waals surface area contributed by atoms with Gasteiger partial charge in [-0.15, -0.1) is 0 Å². The highest BCUT2D eigenvalue weighted by molar-refractivity contribution is 9.10. The fourth-order valence-electron chi connectivity index (χ4n) is 1.85. The van der Waals surface area contributed by atoms with Gasteiger partial charge in [-0.3, -0.25) is 14.0 Å². The highest BCUT2D eigenvalue weighted by Gasteiger charge is 2.04. The van der Waals surface area contributed by atoms with E-state index in [0.29, 0.717) is 24.0 Å². The van der Waals surface area contributed by atoms with E-state index in [1.807, 2.05) is 12.1 Å². The van der Waals surface area contributed by atoms with Gasteiger partial charge in [-0.05, 0) is 18.2 Å². The molecule has 0 bridgehead atoms. The first-order chi connectivity index (χ1) is 9.24. The van der Waals surface area contributed by atoms with E-state index in [2.05, 4.69) is 31.0 Å². The maximum Gasteiger partial charge on any atom is 0.261 e. The topological polar surface area (TPSA) is 65.6 Å². The second-order valence-corrected chi connectivity index (χ2v) is 4.98. The molecule has 0 aliphatic rings. The van der Waals surface area contributed by atoms with E-state index in [1.165, 1.54) is 6.33 Å². The second kappa shape index (κ2) is 4.93. The standard InChI is InChI=1S/C12H10BrN5O/c13-9-1-2-11-10(5-9)12(19)17(8-15-11)3-4-18-7-14-6-16-18/h1-2,5-8H,3-4H2. The van der Waals surface area contributed by atoms with Crippen LogP contribution in [0.3, 0.4) is 0 Å². The highest BCUT2D eigenvalue weighted by atomic mass is 79.9. The molecule has 0 saturated carbocycles. The van der Waals surface area contributed by atoms with Crippen molar-refractivity contribution in [3.05, 3.63) is 52.0 Å². The first-order valence-corrected chi connectivity index (χ1v) is 6.50. The van der Waals surface area contributed by atoms with Crippen LogP contribution in [0.5, 0.6) is 0 Å². The predicted molar refractivity (Wildman–Crippen MR) is 73.7 cm³/mol. The van der Waals surface area contributed by atoms with Crippen molar-refractivity contribution in [3.8, 4) is 0 Å². The van der Waals surface area contributed by atoms with E-state index in [1.54, 1.807) is 28.0 Å². The van der Waals surface area contributed by atoms with Gasteiger partial charge in [-0.1, -0.05) is 15.9 Å². The number of hydrogen-bond donors (Lipinski definition) is 0. The monoisotopic (exact) mass is 319 g/mol. The number of nitrogens with zero attached hydrogens (tertiary/aromatic N) is 5. The molecule has 0 saturated heterocycles. The molecule has 2 aromatic heterocycles. The van der Waals surface area contributed by atoms with Crippen LogP contribution in [-0.4, -0.2) is 24.3 Å². The molecule has 1 aromatic carbocycles. The van der Waals surface area contributed by atoms with Crippen molar-refractivity contribution in [2.24, 2.45) is 0 Å². The molecule has 0 radical (unpaired) electrons. The summed E-state index contributed by atoms with van der Waals surface area (Å²) >= 11 is 3.36. The lowest BCUT2D eigenvalue weighted by Crippen LogP contribution is -2.23. The average molecular weight is 320 g/mol. The molecule has 19 heavy (non-hydrogen) atoms. The lowest BCUT2D eigenvalue weighted by Gasteiger charge is -2.06. The Bertz CT molecular complexity index is 765. The number of aryl methyl sites for hydroxylation is 2. The van der Waals surface area contributed by atoms with Gasteiger partial charge in [0.1, 0.15) is 12.7 Å². The Kier molecular flexibility index (Phi) is 3.12. The third kappa shape index (κ3) is 2.41. The van der Waals surface area contributed by atoms with Crippen LogP contribution in [0.4, 0.5) is 0 Å². The average Bonchev–Trinajstić information content (AvgIpc) is 2.92. The maximum absolute atomic E-state index is 12.3. The maximum atomic E-state index is 12.3. The summed E-state index contributed by atoms with van der Waals surface area (Å²) in [6, 6.07) is 5.48. The fourth-order valence-corrected chi connectivity index (χ4v) is 2.21. The largest absolute Gasteiger partial charge is 0.297 e. The van der Waals surface area contributed by atoms with Gasteiger partial charge < -0.3 is 0 Å². The van der Waals surface area contributed by atoms with E-state index in [-0.39, 0.29) is 5.56 Å². The van der Waals surface area contributed by atoms with Crippen LogP contribution in [0.15, 0.2) is 46.4 Å². The lowest BCUT2D eigenvalue weighted by atomic mass is 10.2. The number of benzene rings is 1. The third-order valence-electron chi connectivity index (χ3n) is 2.82. The van der Waals surface area contributed by atoms with Gasteiger partial charge in [0.05, 0.1) is 23.8 Å². The summed E-state index contributed by atoms with van der Waals surface area (Å²) in [6.45, 7) is 1.10. The molecule has 96 valence electrons.